The molecule has 1 unspecified atom stereocenters. The summed E-state index contributed by atoms with van der Waals surface area (Å²) < 4.78 is 18.6. The van der Waals surface area contributed by atoms with Gasteiger partial charge in [0.2, 0.25) is 0 Å². The Labute approximate surface area is 102 Å². The van der Waals surface area contributed by atoms with Crippen molar-refractivity contribution in [2.24, 2.45) is 4.99 Å². The second-order valence-corrected chi connectivity index (χ2v) is 3.91. The van der Waals surface area contributed by atoms with Gasteiger partial charge in [-0.05, 0) is 12.0 Å². The Morgan fingerprint density at radius 2 is 2.24 bits per heavy atom. The molecule has 0 bridgehead atoms. The standard InChI is InChI=1S/C11H22N3O3/c1-11(15-7-4-12-2)16-8-5-13-10-14(3)6-9-17-11/h12H,4-9H2,1-3H3/q+1. The molecule has 0 fully saturated rings. The minimum Gasteiger partial charge on any atom is -0.326 e. The smallest absolute Gasteiger partial charge is 0.306 e. The Morgan fingerprint density at radius 3 is 3.00 bits per heavy atom. The highest BCUT2D eigenvalue weighted by atomic mass is 16.9. The van der Waals surface area contributed by atoms with Gasteiger partial charge in [-0.2, -0.15) is 0 Å². The lowest BCUT2D eigenvalue weighted by Gasteiger charge is -2.29. The van der Waals surface area contributed by atoms with Gasteiger partial charge < -0.3 is 19.5 Å². The quantitative estimate of drug-likeness (QED) is 0.548. The number of hydrogen-bond acceptors (Lipinski definition) is 5. The highest BCUT2D eigenvalue weighted by Gasteiger charge is 2.27. The molecule has 1 aliphatic rings. The van der Waals surface area contributed by atoms with Crippen molar-refractivity contribution in [1.82, 2.24) is 5.32 Å². The summed E-state index contributed by atoms with van der Waals surface area (Å²) in [6.07, 6.45) is 0. The van der Waals surface area contributed by atoms with Crippen LogP contribution in [-0.4, -0.2) is 70.1 Å². The fourth-order valence-corrected chi connectivity index (χ4v) is 1.33. The summed E-state index contributed by atoms with van der Waals surface area (Å²) in [6, 6.07) is 2.88. The molecule has 0 aromatic heterocycles. The van der Waals surface area contributed by atoms with Crippen LogP contribution in [0.2, 0.25) is 0 Å². The van der Waals surface area contributed by atoms with Gasteiger partial charge in [-0.25, -0.2) is 4.58 Å². The first kappa shape index (κ1) is 14.3. The molecule has 0 spiro atoms. The zero-order valence-corrected chi connectivity index (χ0v) is 10.9. The molecule has 98 valence electrons. The van der Waals surface area contributed by atoms with Gasteiger partial charge in [0.1, 0.15) is 6.54 Å². The number of aliphatic imine (C=N–C) groups is 1. The van der Waals surface area contributed by atoms with E-state index in [1.54, 1.807) is 6.92 Å². The Hall–Kier alpha value is -0.780. The second-order valence-electron chi connectivity index (χ2n) is 3.91. The fourth-order valence-electron chi connectivity index (χ4n) is 1.33. The lowest BCUT2D eigenvalue weighted by molar-refractivity contribution is -0.503. The molecule has 1 atom stereocenters. The Balaban J connectivity index is 2.48. The topological polar surface area (TPSA) is 55.1 Å². The van der Waals surface area contributed by atoms with Gasteiger partial charge in [0.25, 0.3) is 5.97 Å². The lowest BCUT2D eigenvalue weighted by atomic mass is 10.5. The van der Waals surface area contributed by atoms with E-state index >= 15 is 0 Å². The van der Waals surface area contributed by atoms with E-state index in [0.29, 0.717) is 32.9 Å². The molecule has 0 radical (unpaired) electrons. The van der Waals surface area contributed by atoms with Gasteiger partial charge >= 0.3 is 6.01 Å². The van der Waals surface area contributed by atoms with Crippen LogP contribution in [0.3, 0.4) is 0 Å². The van der Waals surface area contributed by atoms with Crippen LogP contribution in [-0.2, 0) is 14.2 Å². The summed E-state index contributed by atoms with van der Waals surface area (Å²) >= 11 is 0. The second kappa shape index (κ2) is 7.53. The van der Waals surface area contributed by atoms with E-state index < -0.39 is 5.97 Å². The molecular formula is C11H22N3O3+. The average molecular weight is 244 g/mol. The minimum atomic E-state index is -0.982. The average Bonchev–Trinajstić information content (AvgIpc) is 2.29. The van der Waals surface area contributed by atoms with Crippen molar-refractivity contribution in [3.8, 4) is 0 Å². The summed E-state index contributed by atoms with van der Waals surface area (Å²) in [5, 5.41) is 3.01. The molecular weight excluding hydrogens is 222 g/mol. The SMILES string of the molecule is CNCCOC1(C)OCCN=C=[N+](C)CCO1. The van der Waals surface area contributed by atoms with Gasteiger partial charge in [-0.3, -0.25) is 0 Å². The van der Waals surface area contributed by atoms with E-state index in [-0.39, 0.29) is 0 Å². The molecule has 0 aromatic carbocycles. The number of ether oxygens (including phenoxy) is 3. The number of likely N-dealkylation sites (N-methyl/N-ethyl adjacent to an activating group) is 2. The molecule has 0 saturated carbocycles. The first-order valence-electron chi connectivity index (χ1n) is 5.86. The van der Waals surface area contributed by atoms with Crippen LogP contribution in [0.4, 0.5) is 0 Å². The van der Waals surface area contributed by atoms with Gasteiger partial charge in [-0.15, -0.1) is 0 Å². The molecule has 1 rings (SSSR count). The van der Waals surface area contributed by atoms with E-state index in [1.165, 1.54) is 0 Å². The largest absolute Gasteiger partial charge is 0.326 e. The van der Waals surface area contributed by atoms with Crippen LogP contribution >= 0.6 is 0 Å². The predicted molar refractivity (Wildman–Crippen MR) is 63.5 cm³/mol. The maximum absolute atomic E-state index is 5.63. The molecule has 0 amide bonds. The highest BCUT2D eigenvalue weighted by molar-refractivity contribution is 5.33. The molecule has 0 aromatic rings. The zero-order chi connectivity index (χ0) is 12.6. The Kier molecular flexibility index (Phi) is 6.32. The van der Waals surface area contributed by atoms with E-state index in [0.717, 1.165) is 6.54 Å². The first-order valence-corrected chi connectivity index (χ1v) is 5.86. The van der Waals surface area contributed by atoms with E-state index in [4.69, 9.17) is 14.2 Å². The third kappa shape index (κ3) is 5.91. The molecule has 0 aliphatic carbocycles. The van der Waals surface area contributed by atoms with Gasteiger partial charge in [0.15, 0.2) is 6.54 Å². The predicted octanol–water partition coefficient (Wildman–Crippen LogP) is -0.241. The third-order valence-electron chi connectivity index (χ3n) is 2.32. The monoisotopic (exact) mass is 244 g/mol. The Morgan fingerprint density at radius 1 is 1.47 bits per heavy atom. The van der Waals surface area contributed by atoms with E-state index in [9.17, 15) is 0 Å². The normalized spacial score (nSPS) is 26.6. The summed E-state index contributed by atoms with van der Waals surface area (Å²) in [4.78, 5) is 4.10. The van der Waals surface area contributed by atoms with E-state index in [1.807, 2.05) is 18.7 Å². The van der Waals surface area contributed by atoms with Gasteiger partial charge in [0, 0.05) is 13.5 Å². The number of nitrogens with zero attached hydrogens (tertiary/aromatic N) is 2. The van der Waals surface area contributed by atoms with Crippen LogP contribution in [0.25, 0.3) is 0 Å². The maximum Gasteiger partial charge on any atom is 0.306 e. The fraction of sp³-hybridized carbons (Fsp3) is 0.909. The summed E-state index contributed by atoms with van der Waals surface area (Å²) in [7, 11) is 3.79. The highest BCUT2D eigenvalue weighted by Crippen LogP contribution is 2.14. The number of rotatable bonds is 4. The zero-order valence-electron chi connectivity index (χ0n) is 10.9. The van der Waals surface area contributed by atoms with Crippen molar-refractivity contribution in [2.75, 3.05) is 53.6 Å². The van der Waals surface area contributed by atoms with E-state index in [2.05, 4.69) is 16.3 Å². The Bertz CT molecular complexity index is 290. The van der Waals surface area contributed by atoms with Crippen molar-refractivity contribution in [2.45, 2.75) is 12.9 Å². The van der Waals surface area contributed by atoms with Crippen LogP contribution in [0.5, 0.6) is 0 Å². The van der Waals surface area contributed by atoms with Crippen molar-refractivity contribution in [1.29, 1.82) is 0 Å². The molecule has 6 nitrogen and oxygen atoms in total. The van der Waals surface area contributed by atoms with Crippen molar-refractivity contribution in [3.63, 3.8) is 0 Å². The van der Waals surface area contributed by atoms with Gasteiger partial charge in [0.05, 0.1) is 26.9 Å². The molecule has 1 N–H and O–H groups in total. The van der Waals surface area contributed by atoms with Crippen molar-refractivity contribution in [3.05, 3.63) is 0 Å². The molecule has 1 heterocycles. The molecule has 0 saturated heterocycles. The van der Waals surface area contributed by atoms with Crippen LogP contribution in [0.1, 0.15) is 6.92 Å². The van der Waals surface area contributed by atoms with Crippen LogP contribution < -0.4 is 5.32 Å². The number of nitrogens with one attached hydrogen (secondary N) is 1. The lowest BCUT2D eigenvalue weighted by Crippen LogP contribution is -2.40. The molecule has 1 aliphatic heterocycles. The number of hydrogen-bond donors (Lipinski definition) is 1. The summed E-state index contributed by atoms with van der Waals surface area (Å²) in [6.45, 7) is 5.31. The van der Waals surface area contributed by atoms with Gasteiger partial charge in [-0.1, -0.05) is 0 Å². The van der Waals surface area contributed by atoms with Crippen LogP contribution in [0.15, 0.2) is 4.99 Å². The summed E-state index contributed by atoms with van der Waals surface area (Å²) in [5.74, 6) is -0.982. The van der Waals surface area contributed by atoms with Crippen LogP contribution in [0, 0.1) is 0 Å². The van der Waals surface area contributed by atoms with Crippen molar-refractivity contribution >= 4 is 6.01 Å². The first-order chi connectivity index (χ1) is 8.16. The summed E-state index contributed by atoms with van der Waals surface area (Å²) in [5.41, 5.74) is 0. The van der Waals surface area contributed by atoms with Crippen molar-refractivity contribution < 1.29 is 18.8 Å². The minimum absolute atomic E-state index is 0.455. The molecule has 17 heavy (non-hydrogen) atoms. The maximum atomic E-state index is 5.63. The third-order valence-corrected chi connectivity index (χ3v) is 2.32. The molecule has 6 heteroatoms.